The van der Waals surface area contributed by atoms with Crippen molar-refractivity contribution in [1.29, 1.82) is 0 Å². The predicted molar refractivity (Wildman–Crippen MR) is 53.8 cm³/mol. The molecular weight excluding hydrogens is 176 g/mol. The molecule has 1 heterocycles. The maximum Gasteiger partial charge on any atom is 0.122 e. The van der Waals surface area contributed by atoms with Crippen molar-refractivity contribution in [1.82, 2.24) is 0 Å². The number of fused-ring (bicyclic) bond motifs is 3. The maximum atomic E-state index is 9.30. The summed E-state index contributed by atoms with van der Waals surface area (Å²) in [6, 6.07) is 4.25. The van der Waals surface area contributed by atoms with Crippen molar-refractivity contribution in [3.63, 3.8) is 0 Å². The summed E-state index contributed by atoms with van der Waals surface area (Å²) in [6.45, 7) is 1.09. The highest BCUT2D eigenvalue weighted by Gasteiger charge is 2.28. The van der Waals surface area contributed by atoms with Gasteiger partial charge in [-0.1, -0.05) is 6.07 Å². The molecule has 0 fully saturated rings. The first-order valence-electron chi connectivity index (χ1n) is 5.28. The number of hydrogen-bond donors (Lipinski definition) is 1. The van der Waals surface area contributed by atoms with Crippen LogP contribution in [-0.2, 0) is 12.8 Å². The van der Waals surface area contributed by atoms with E-state index in [9.17, 15) is 5.11 Å². The second-order valence-electron chi connectivity index (χ2n) is 4.13. The summed E-state index contributed by atoms with van der Waals surface area (Å²) in [7, 11) is 0. The molecule has 1 atom stereocenters. The van der Waals surface area contributed by atoms with Gasteiger partial charge < -0.3 is 9.84 Å². The van der Waals surface area contributed by atoms with Gasteiger partial charge in [-0.2, -0.15) is 0 Å². The lowest BCUT2D eigenvalue weighted by Crippen LogP contribution is -2.02. The zero-order valence-electron chi connectivity index (χ0n) is 8.12. The van der Waals surface area contributed by atoms with Gasteiger partial charge in [-0.05, 0) is 30.0 Å². The van der Waals surface area contributed by atoms with Gasteiger partial charge >= 0.3 is 0 Å². The largest absolute Gasteiger partial charge is 0.493 e. The van der Waals surface area contributed by atoms with E-state index in [1.807, 2.05) is 0 Å². The second kappa shape index (κ2) is 2.99. The number of benzene rings is 1. The van der Waals surface area contributed by atoms with Crippen LogP contribution in [0.25, 0.3) is 0 Å². The van der Waals surface area contributed by atoms with Gasteiger partial charge in [-0.25, -0.2) is 0 Å². The molecule has 1 aliphatic carbocycles. The molecule has 1 aromatic rings. The van der Waals surface area contributed by atoms with Crippen LogP contribution in [-0.4, -0.2) is 18.3 Å². The van der Waals surface area contributed by atoms with Gasteiger partial charge in [0.1, 0.15) is 5.75 Å². The lowest BCUT2D eigenvalue weighted by molar-refractivity contribution is 0.264. The SMILES string of the molecule is OCC1CCc2ccc3c(c21)CCO3. The van der Waals surface area contributed by atoms with Crippen LogP contribution in [0.2, 0.25) is 0 Å². The van der Waals surface area contributed by atoms with E-state index in [-0.39, 0.29) is 6.61 Å². The third-order valence-electron chi connectivity index (χ3n) is 3.40. The Morgan fingerprint density at radius 2 is 2.29 bits per heavy atom. The van der Waals surface area contributed by atoms with Gasteiger partial charge in [0, 0.05) is 24.5 Å². The average molecular weight is 190 g/mol. The molecule has 2 heteroatoms. The first kappa shape index (κ1) is 8.30. The van der Waals surface area contributed by atoms with E-state index >= 15 is 0 Å². The highest BCUT2D eigenvalue weighted by atomic mass is 16.5. The molecule has 0 aromatic heterocycles. The highest BCUT2D eigenvalue weighted by Crippen LogP contribution is 2.41. The van der Waals surface area contributed by atoms with Gasteiger partial charge in [-0.3, -0.25) is 0 Å². The Morgan fingerprint density at radius 1 is 1.36 bits per heavy atom. The number of hydrogen-bond acceptors (Lipinski definition) is 2. The molecule has 0 saturated heterocycles. The lowest BCUT2D eigenvalue weighted by atomic mass is 9.95. The average Bonchev–Trinajstić information content (AvgIpc) is 2.82. The Bertz CT molecular complexity index is 371. The fraction of sp³-hybridized carbons (Fsp3) is 0.500. The number of aryl methyl sites for hydroxylation is 1. The standard InChI is InChI=1S/C12H14O2/c13-7-9-2-1-8-3-4-11-10(12(8)9)5-6-14-11/h3-4,9,13H,1-2,5-7H2. The highest BCUT2D eigenvalue weighted by molar-refractivity contribution is 5.51. The molecule has 1 N–H and O–H groups in total. The van der Waals surface area contributed by atoms with Gasteiger partial charge in [0.05, 0.1) is 6.61 Å². The molecule has 14 heavy (non-hydrogen) atoms. The van der Waals surface area contributed by atoms with Crippen molar-refractivity contribution in [3.8, 4) is 5.75 Å². The lowest BCUT2D eigenvalue weighted by Gasteiger charge is -2.11. The molecule has 1 unspecified atom stereocenters. The molecule has 0 saturated carbocycles. The number of aliphatic hydroxyl groups is 1. The third kappa shape index (κ3) is 1.01. The fourth-order valence-electron chi connectivity index (χ4n) is 2.73. The minimum Gasteiger partial charge on any atom is -0.493 e. The summed E-state index contributed by atoms with van der Waals surface area (Å²) in [5.74, 6) is 1.41. The summed E-state index contributed by atoms with van der Waals surface area (Å²) in [5, 5.41) is 9.30. The van der Waals surface area contributed by atoms with E-state index in [2.05, 4.69) is 12.1 Å². The van der Waals surface area contributed by atoms with Crippen molar-refractivity contribution in [2.45, 2.75) is 25.2 Å². The summed E-state index contributed by atoms with van der Waals surface area (Å²) in [4.78, 5) is 0. The van der Waals surface area contributed by atoms with Crippen molar-refractivity contribution in [2.75, 3.05) is 13.2 Å². The summed E-state index contributed by atoms with van der Waals surface area (Å²) in [6.07, 6.45) is 3.24. The first-order chi connectivity index (χ1) is 6.90. The second-order valence-corrected chi connectivity index (χ2v) is 4.13. The van der Waals surface area contributed by atoms with Crippen molar-refractivity contribution in [2.24, 2.45) is 0 Å². The van der Waals surface area contributed by atoms with Crippen LogP contribution in [0.4, 0.5) is 0 Å². The molecule has 1 aliphatic heterocycles. The summed E-state index contributed by atoms with van der Waals surface area (Å²) < 4.78 is 5.53. The Balaban J connectivity index is 2.16. The predicted octanol–water partition coefficient (Wildman–Crippen LogP) is 1.64. The van der Waals surface area contributed by atoms with Crippen LogP contribution in [0.1, 0.15) is 29.0 Å². The summed E-state index contributed by atoms with van der Waals surface area (Å²) >= 11 is 0. The van der Waals surface area contributed by atoms with E-state index in [1.165, 1.54) is 16.7 Å². The van der Waals surface area contributed by atoms with Gasteiger partial charge in [0.15, 0.2) is 0 Å². The van der Waals surface area contributed by atoms with Gasteiger partial charge in [-0.15, -0.1) is 0 Å². The van der Waals surface area contributed by atoms with E-state index in [4.69, 9.17) is 4.74 Å². The monoisotopic (exact) mass is 190 g/mol. The van der Waals surface area contributed by atoms with Crippen LogP contribution >= 0.6 is 0 Å². The Kier molecular flexibility index (Phi) is 1.77. The van der Waals surface area contributed by atoms with Crippen molar-refractivity contribution < 1.29 is 9.84 Å². The number of ether oxygens (including phenoxy) is 1. The number of rotatable bonds is 1. The normalized spacial score (nSPS) is 23.1. The minimum absolute atomic E-state index is 0.281. The summed E-state index contributed by atoms with van der Waals surface area (Å²) in [5.41, 5.74) is 4.18. The molecule has 1 aromatic carbocycles. The molecule has 74 valence electrons. The fourth-order valence-corrected chi connectivity index (χ4v) is 2.73. The minimum atomic E-state index is 0.281. The van der Waals surface area contributed by atoms with Crippen LogP contribution in [0.5, 0.6) is 5.75 Å². The molecule has 0 radical (unpaired) electrons. The van der Waals surface area contributed by atoms with Crippen LogP contribution in [0, 0.1) is 0 Å². The van der Waals surface area contributed by atoms with Crippen molar-refractivity contribution >= 4 is 0 Å². The Hall–Kier alpha value is -1.02. The van der Waals surface area contributed by atoms with Gasteiger partial charge in [0.2, 0.25) is 0 Å². The number of aliphatic hydroxyl groups excluding tert-OH is 1. The smallest absolute Gasteiger partial charge is 0.122 e. The zero-order chi connectivity index (χ0) is 9.54. The van der Waals surface area contributed by atoms with E-state index in [1.54, 1.807) is 0 Å². The van der Waals surface area contributed by atoms with Crippen LogP contribution in [0.3, 0.4) is 0 Å². The molecule has 0 spiro atoms. The molecule has 2 nitrogen and oxygen atoms in total. The maximum absolute atomic E-state index is 9.30. The van der Waals surface area contributed by atoms with E-state index in [0.717, 1.165) is 31.6 Å². The van der Waals surface area contributed by atoms with Crippen LogP contribution < -0.4 is 4.74 Å². The topological polar surface area (TPSA) is 29.5 Å². The molecule has 0 amide bonds. The Labute approximate surface area is 83.5 Å². The van der Waals surface area contributed by atoms with Gasteiger partial charge in [0.25, 0.3) is 0 Å². The molecular formula is C12H14O2. The van der Waals surface area contributed by atoms with Crippen molar-refractivity contribution in [3.05, 3.63) is 28.8 Å². The first-order valence-corrected chi connectivity index (χ1v) is 5.28. The molecule has 2 aliphatic rings. The molecule has 0 bridgehead atoms. The van der Waals surface area contributed by atoms with Crippen LogP contribution in [0.15, 0.2) is 12.1 Å². The molecule has 3 rings (SSSR count). The quantitative estimate of drug-likeness (QED) is 0.729. The van der Waals surface area contributed by atoms with E-state index in [0.29, 0.717) is 5.92 Å². The zero-order valence-corrected chi connectivity index (χ0v) is 8.12. The Morgan fingerprint density at radius 3 is 3.14 bits per heavy atom. The third-order valence-corrected chi connectivity index (χ3v) is 3.40. The van der Waals surface area contributed by atoms with E-state index < -0.39 is 0 Å².